The van der Waals surface area contributed by atoms with Gasteiger partial charge < -0.3 is 0 Å². The Balaban J connectivity index is 1.61. The SMILES string of the molecule is CCP(CC)C1CC2CC1C1C3C=CC(C3)C21. The van der Waals surface area contributed by atoms with Crippen LogP contribution in [0.4, 0.5) is 0 Å². The molecular formula is C16H25P. The summed E-state index contributed by atoms with van der Waals surface area (Å²) in [7, 11) is 0.371. The summed E-state index contributed by atoms with van der Waals surface area (Å²) >= 11 is 0. The lowest BCUT2D eigenvalue weighted by Gasteiger charge is -2.40. The molecule has 0 aliphatic heterocycles. The predicted molar refractivity (Wildman–Crippen MR) is 75.7 cm³/mol. The summed E-state index contributed by atoms with van der Waals surface area (Å²) in [5.41, 5.74) is 1.17. The van der Waals surface area contributed by atoms with E-state index in [1.54, 1.807) is 12.8 Å². The van der Waals surface area contributed by atoms with Crippen molar-refractivity contribution in [3.63, 3.8) is 0 Å². The van der Waals surface area contributed by atoms with E-state index in [1.807, 2.05) is 0 Å². The number of hydrogen-bond acceptors (Lipinski definition) is 0. The zero-order valence-electron chi connectivity index (χ0n) is 11.2. The molecule has 4 rings (SSSR count). The van der Waals surface area contributed by atoms with E-state index in [-0.39, 0.29) is 0 Å². The van der Waals surface area contributed by atoms with Gasteiger partial charge in [0.25, 0.3) is 0 Å². The van der Waals surface area contributed by atoms with Crippen LogP contribution in [-0.2, 0) is 0 Å². The Morgan fingerprint density at radius 3 is 2.35 bits per heavy atom. The molecule has 94 valence electrons. The van der Waals surface area contributed by atoms with E-state index in [0.29, 0.717) is 7.92 Å². The largest absolute Gasteiger partial charge is 0.104 e. The quantitative estimate of drug-likeness (QED) is 0.395. The molecule has 4 aliphatic carbocycles. The van der Waals surface area contributed by atoms with Crippen LogP contribution in [0.1, 0.15) is 33.1 Å². The van der Waals surface area contributed by atoms with Gasteiger partial charge in [0.15, 0.2) is 0 Å². The van der Waals surface area contributed by atoms with E-state index in [9.17, 15) is 0 Å². The van der Waals surface area contributed by atoms with Crippen molar-refractivity contribution in [1.82, 2.24) is 0 Å². The van der Waals surface area contributed by atoms with E-state index in [2.05, 4.69) is 26.0 Å². The van der Waals surface area contributed by atoms with Crippen molar-refractivity contribution in [2.24, 2.45) is 35.5 Å². The molecule has 3 fully saturated rings. The Bertz CT molecular complexity index is 343. The van der Waals surface area contributed by atoms with Crippen molar-refractivity contribution in [2.45, 2.75) is 38.8 Å². The summed E-state index contributed by atoms with van der Waals surface area (Å²) in [5.74, 6) is 6.58. The summed E-state index contributed by atoms with van der Waals surface area (Å²) in [6, 6.07) is 0. The van der Waals surface area contributed by atoms with Gasteiger partial charge in [-0.25, -0.2) is 0 Å². The van der Waals surface area contributed by atoms with Crippen LogP contribution in [0.15, 0.2) is 12.2 Å². The highest BCUT2D eigenvalue weighted by atomic mass is 31.1. The Labute approximate surface area is 107 Å². The molecule has 0 amide bonds. The molecular weight excluding hydrogens is 223 g/mol. The van der Waals surface area contributed by atoms with Gasteiger partial charge in [-0.15, -0.1) is 7.92 Å². The lowest BCUT2D eigenvalue weighted by Crippen LogP contribution is -2.33. The van der Waals surface area contributed by atoms with Gasteiger partial charge in [-0.3, -0.25) is 0 Å². The zero-order chi connectivity index (χ0) is 11.6. The number of fused-ring (bicyclic) bond motifs is 9. The minimum absolute atomic E-state index is 0.371. The minimum atomic E-state index is 0.371. The molecule has 4 bridgehead atoms. The third kappa shape index (κ3) is 1.34. The fourth-order valence-electron chi connectivity index (χ4n) is 6.09. The van der Waals surface area contributed by atoms with E-state index in [1.165, 1.54) is 24.4 Å². The van der Waals surface area contributed by atoms with Crippen molar-refractivity contribution in [3.05, 3.63) is 12.2 Å². The van der Waals surface area contributed by atoms with Gasteiger partial charge in [0.05, 0.1) is 0 Å². The van der Waals surface area contributed by atoms with Gasteiger partial charge >= 0.3 is 0 Å². The molecule has 0 spiro atoms. The van der Waals surface area contributed by atoms with Crippen LogP contribution >= 0.6 is 7.92 Å². The molecule has 0 aromatic rings. The first-order chi connectivity index (χ1) is 8.33. The van der Waals surface area contributed by atoms with Crippen LogP contribution in [0.5, 0.6) is 0 Å². The van der Waals surface area contributed by atoms with E-state index in [0.717, 1.165) is 35.5 Å². The average Bonchev–Trinajstić information content (AvgIpc) is 3.09. The second-order valence-electron chi connectivity index (χ2n) is 6.79. The Hall–Kier alpha value is 0.170. The number of hydrogen-bond donors (Lipinski definition) is 0. The smallest absolute Gasteiger partial charge is 0.0175 e. The highest BCUT2D eigenvalue weighted by molar-refractivity contribution is 7.58. The van der Waals surface area contributed by atoms with Crippen LogP contribution in [0.2, 0.25) is 0 Å². The van der Waals surface area contributed by atoms with E-state index < -0.39 is 0 Å². The highest BCUT2D eigenvalue weighted by Gasteiger charge is 2.61. The zero-order valence-corrected chi connectivity index (χ0v) is 12.1. The molecule has 17 heavy (non-hydrogen) atoms. The number of allylic oxidation sites excluding steroid dienone is 2. The minimum Gasteiger partial charge on any atom is -0.104 e. The monoisotopic (exact) mass is 248 g/mol. The lowest BCUT2D eigenvalue weighted by molar-refractivity contribution is 0.210. The molecule has 0 N–H and O–H groups in total. The summed E-state index contributed by atoms with van der Waals surface area (Å²) in [6.07, 6.45) is 12.9. The topological polar surface area (TPSA) is 0 Å². The first-order valence-corrected chi connectivity index (χ1v) is 9.54. The molecule has 7 atom stereocenters. The molecule has 0 aromatic carbocycles. The van der Waals surface area contributed by atoms with Gasteiger partial charge in [-0.2, -0.15) is 0 Å². The van der Waals surface area contributed by atoms with Crippen molar-refractivity contribution < 1.29 is 0 Å². The van der Waals surface area contributed by atoms with Crippen LogP contribution in [0.25, 0.3) is 0 Å². The van der Waals surface area contributed by atoms with Crippen molar-refractivity contribution in [1.29, 1.82) is 0 Å². The van der Waals surface area contributed by atoms with E-state index >= 15 is 0 Å². The lowest BCUT2D eigenvalue weighted by atomic mass is 9.73. The summed E-state index contributed by atoms with van der Waals surface area (Å²) in [6.45, 7) is 4.89. The van der Waals surface area contributed by atoms with Crippen LogP contribution in [0.3, 0.4) is 0 Å². The second kappa shape index (κ2) is 3.83. The van der Waals surface area contributed by atoms with E-state index in [4.69, 9.17) is 0 Å². The molecule has 4 aliphatic rings. The molecule has 0 aromatic heterocycles. The predicted octanol–water partition coefficient (Wildman–Crippen LogP) is 4.35. The highest BCUT2D eigenvalue weighted by Crippen LogP contribution is 2.70. The molecule has 1 heteroatoms. The fraction of sp³-hybridized carbons (Fsp3) is 0.875. The maximum absolute atomic E-state index is 2.59. The van der Waals surface area contributed by atoms with Gasteiger partial charge in [0.2, 0.25) is 0 Å². The molecule has 0 nitrogen and oxygen atoms in total. The Morgan fingerprint density at radius 2 is 1.65 bits per heavy atom. The summed E-state index contributed by atoms with van der Waals surface area (Å²) in [5, 5.41) is 0. The maximum Gasteiger partial charge on any atom is -0.0175 e. The van der Waals surface area contributed by atoms with Crippen LogP contribution in [0, 0.1) is 35.5 Å². The van der Waals surface area contributed by atoms with Gasteiger partial charge in [0.1, 0.15) is 0 Å². The van der Waals surface area contributed by atoms with Gasteiger partial charge in [0, 0.05) is 0 Å². The Morgan fingerprint density at radius 1 is 0.941 bits per heavy atom. The average molecular weight is 248 g/mol. The van der Waals surface area contributed by atoms with Gasteiger partial charge in [-0.1, -0.05) is 26.0 Å². The standard InChI is InChI=1S/C16H25P/c1-3-17(4-2)14-9-12-8-13(14)16-11-6-5-10(7-11)15(12)16/h5-6,10-16H,3-4,7-9H2,1-2H3. The van der Waals surface area contributed by atoms with Crippen molar-refractivity contribution in [3.8, 4) is 0 Å². The number of rotatable bonds is 3. The molecule has 3 saturated carbocycles. The maximum atomic E-state index is 2.59. The molecule has 0 saturated heterocycles. The molecule has 0 radical (unpaired) electrons. The summed E-state index contributed by atoms with van der Waals surface area (Å²) in [4.78, 5) is 0. The first-order valence-electron chi connectivity index (χ1n) is 7.75. The Kier molecular flexibility index (Phi) is 2.49. The molecule has 7 unspecified atom stereocenters. The third-order valence-electron chi connectivity index (χ3n) is 6.52. The third-order valence-corrected chi connectivity index (χ3v) is 9.67. The first kappa shape index (κ1) is 11.0. The van der Waals surface area contributed by atoms with Crippen LogP contribution in [-0.4, -0.2) is 18.0 Å². The van der Waals surface area contributed by atoms with Crippen molar-refractivity contribution in [2.75, 3.05) is 12.3 Å². The fourth-order valence-corrected chi connectivity index (χ4v) is 8.91. The second-order valence-corrected chi connectivity index (χ2v) is 9.89. The molecule has 0 heterocycles. The summed E-state index contributed by atoms with van der Waals surface area (Å²) < 4.78 is 0. The van der Waals surface area contributed by atoms with Gasteiger partial charge in [-0.05, 0) is 72.8 Å². The van der Waals surface area contributed by atoms with Crippen molar-refractivity contribution >= 4 is 7.92 Å². The normalized spacial score (nSPS) is 53.9. The van der Waals surface area contributed by atoms with Crippen LogP contribution < -0.4 is 0 Å².